The third-order valence-corrected chi connectivity index (χ3v) is 3.98. The quantitative estimate of drug-likeness (QED) is 0.853. The van der Waals surface area contributed by atoms with Crippen LogP contribution in [0.3, 0.4) is 0 Å². The Bertz CT molecular complexity index is 546. The van der Waals surface area contributed by atoms with Gasteiger partial charge in [0.05, 0.1) is 0 Å². The van der Waals surface area contributed by atoms with Crippen LogP contribution in [-0.2, 0) is 12.8 Å². The van der Waals surface area contributed by atoms with Gasteiger partial charge in [-0.2, -0.15) is 0 Å². The van der Waals surface area contributed by atoms with Gasteiger partial charge in [-0.1, -0.05) is 50.2 Å². The molecule has 1 heteroatoms. The van der Waals surface area contributed by atoms with E-state index in [0.29, 0.717) is 12.0 Å². The summed E-state index contributed by atoms with van der Waals surface area (Å²) in [7, 11) is 0. The number of fused-ring (bicyclic) bond motifs is 1. The van der Waals surface area contributed by atoms with Gasteiger partial charge in [0.2, 0.25) is 0 Å². The molecule has 0 saturated heterocycles. The lowest BCUT2D eigenvalue weighted by atomic mass is 10.0. The normalized spacial score (nSPS) is 14.7. The third kappa shape index (κ3) is 2.65. The predicted molar refractivity (Wildman–Crippen MR) is 81.8 cm³/mol. The van der Waals surface area contributed by atoms with E-state index in [0.717, 1.165) is 12.8 Å². The van der Waals surface area contributed by atoms with Gasteiger partial charge >= 0.3 is 0 Å². The highest BCUT2D eigenvalue weighted by atomic mass is 14.9. The number of rotatable bonds is 3. The molecule has 0 aromatic heterocycles. The highest BCUT2D eigenvalue weighted by Gasteiger charge is 2.20. The molecule has 0 heterocycles. The number of nitrogens with one attached hydrogen (secondary N) is 1. The standard InChI is InChI=1S/C18H21N/c1-13(2)14-8-5-9-17(10-14)19-18-11-15-6-3-4-7-16(15)12-18/h3-10,13,18-19H,11-12H2,1-2H3. The fourth-order valence-corrected chi connectivity index (χ4v) is 2.88. The first-order chi connectivity index (χ1) is 9.22. The average molecular weight is 251 g/mol. The maximum absolute atomic E-state index is 3.68. The Balaban J connectivity index is 1.72. The summed E-state index contributed by atoms with van der Waals surface area (Å²) in [5, 5.41) is 3.68. The monoisotopic (exact) mass is 251 g/mol. The second-order valence-corrected chi connectivity index (χ2v) is 5.80. The van der Waals surface area contributed by atoms with Crippen molar-refractivity contribution in [3.63, 3.8) is 0 Å². The largest absolute Gasteiger partial charge is 0.382 e. The maximum Gasteiger partial charge on any atom is 0.0345 e. The second kappa shape index (κ2) is 5.08. The van der Waals surface area contributed by atoms with E-state index < -0.39 is 0 Å². The van der Waals surface area contributed by atoms with Crippen molar-refractivity contribution in [2.75, 3.05) is 5.32 Å². The smallest absolute Gasteiger partial charge is 0.0345 e. The molecule has 0 radical (unpaired) electrons. The predicted octanol–water partition coefficient (Wildman–Crippen LogP) is 4.39. The van der Waals surface area contributed by atoms with Crippen molar-refractivity contribution in [2.45, 2.75) is 38.6 Å². The summed E-state index contributed by atoms with van der Waals surface area (Å²) >= 11 is 0. The van der Waals surface area contributed by atoms with Gasteiger partial charge in [0.25, 0.3) is 0 Å². The van der Waals surface area contributed by atoms with Crippen LogP contribution in [-0.4, -0.2) is 6.04 Å². The second-order valence-electron chi connectivity index (χ2n) is 5.80. The Hall–Kier alpha value is -1.76. The molecule has 0 amide bonds. The molecule has 0 atom stereocenters. The highest BCUT2D eigenvalue weighted by molar-refractivity contribution is 5.49. The summed E-state index contributed by atoms with van der Waals surface area (Å²) in [6, 6.07) is 18.1. The summed E-state index contributed by atoms with van der Waals surface area (Å²) < 4.78 is 0. The first-order valence-corrected chi connectivity index (χ1v) is 7.15. The number of benzene rings is 2. The van der Waals surface area contributed by atoms with E-state index in [-0.39, 0.29) is 0 Å². The highest BCUT2D eigenvalue weighted by Crippen LogP contribution is 2.25. The molecule has 1 N–H and O–H groups in total. The van der Waals surface area contributed by atoms with Crippen LogP contribution in [0.15, 0.2) is 48.5 Å². The van der Waals surface area contributed by atoms with E-state index in [2.05, 4.69) is 67.7 Å². The lowest BCUT2D eigenvalue weighted by molar-refractivity contribution is 0.773. The van der Waals surface area contributed by atoms with Gasteiger partial charge in [-0.15, -0.1) is 0 Å². The molecule has 1 aliphatic rings. The van der Waals surface area contributed by atoms with Crippen LogP contribution in [0.4, 0.5) is 5.69 Å². The molecular formula is C18H21N. The zero-order valence-corrected chi connectivity index (χ0v) is 11.7. The Labute approximate surface area is 115 Å². The molecule has 2 aromatic rings. The van der Waals surface area contributed by atoms with E-state index in [1.807, 2.05) is 0 Å². The van der Waals surface area contributed by atoms with Crippen molar-refractivity contribution in [2.24, 2.45) is 0 Å². The van der Waals surface area contributed by atoms with Crippen molar-refractivity contribution < 1.29 is 0 Å². The van der Waals surface area contributed by atoms with Crippen molar-refractivity contribution in [3.8, 4) is 0 Å². The SMILES string of the molecule is CC(C)c1cccc(NC2Cc3ccccc3C2)c1. The molecular weight excluding hydrogens is 230 g/mol. The van der Waals surface area contributed by atoms with Crippen LogP contribution in [0, 0.1) is 0 Å². The van der Waals surface area contributed by atoms with E-state index >= 15 is 0 Å². The minimum absolute atomic E-state index is 0.541. The van der Waals surface area contributed by atoms with E-state index in [1.54, 1.807) is 0 Å². The van der Waals surface area contributed by atoms with Crippen molar-refractivity contribution in [3.05, 3.63) is 65.2 Å². The fraction of sp³-hybridized carbons (Fsp3) is 0.333. The Kier molecular flexibility index (Phi) is 3.29. The van der Waals surface area contributed by atoms with Gasteiger partial charge < -0.3 is 5.32 Å². The maximum atomic E-state index is 3.68. The lowest BCUT2D eigenvalue weighted by Gasteiger charge is -2.15. The minimum Gasteiger partial charge on any atom is -0.382 e. The summed E-state index contributed by atoms with van der Waals surface area (Å²) in [6.45, 7) is 4.48. The van der Waals surface area contributed by atoms with Crippen LogP contribution >= 0.6 is 0 Å². The molecule has 0 unspecified atom stereocenters. The van der Waals surface area contributed by atoms with E-state index in [1.165, 1.54) is 22.4 Å². The molecule has 0 spiro atoms. The van der Waals surface area contributed by atoms with Gasteiger partial charge in [0, 0.05) is 11.7 Å². The molecule has 98 valence electrons. The Morgan fingerprint density at radius 2 is 1.63 bits per heavy atom. The molecule has 0 aliphatic heterocycles. The minimum atomic E-state index is 0.541. The van der Waals surface area contributed by atoms with Crippen LogP contribution < -0.4 is 5.32 Å². The van der Waals surface area contributed by atoms with Crippen molar-refractivity contribution in [1.29, 1.82) is 0 Å². The summed E-state index contributed by atoms with van der Waals surface area (Å²) in [5.41, 5.74) is 5.66. The van der Waals surface area contributed by atoms with Gasteiger partial charge in [0.1, 0.15) is 0 Å². The van der Waals surface area contributed by atoms with Gasteiger partial charge in [-0.3, -0.25) is 0 Å². The molecule has 1 aliphatic carbocycles. The van der Waals surface area contributed by atoms with Gasteiger partial charge in [0.15, 0.2) is 0 Å². The van der Waals surface area contributed by atoms with E-state index in [9.17, 15) is 0 Å². The van der Waals surface area contributed by atoms with Crippen LogP contribution in [0.25, 0.3) is 0 Å². The lowest BCUT2D eigenvalue weighted by Crippen LogP contribution is -2.19. The van der Waals surface area contributed by atoms with Crippen molar-refractivity contribution in [1.82, 2.24) is 0 Å². The number of hydrogen-bond acceptors (Lipinski definition) is 1. The summed E-state index contributed by atoms with van der Waals surface area (Å²) in [4.78, 5) is 0. The molecule has 0 bridgehead atoms. The van der Waals surface area contributed by atoms with Crippen molar-refractivity contribution >= 4 is 5.69 Å². The zero-order chi connectivity index (χ0) is 13.2. The molecule has 0 saturated carbocycles. The third-order valence-electron chi connectivity index (χ3n) is 3.98. The number of hydrogen-bond donors (Lipinski definition) is 1. The molecule has 1 nitrogen and oxygen atoms in total. The van der Waals surface area contributed by atoms with Gasteiger partial charge in [-0.25, -0.2) is 0 Å². The first kappa shape index (κ1) is 12.3. The topological polar surface area (TPSA) is 12.0 Å². The Morgan fingerprint density at radius 1 is 0.947 bits per heavy atom. The van der Waals surface area contributed by atoms with E-state index in [4.69, 9.17) is 0 Å². The first-order valence-electron chi connectivity index (χ1n) is 7.15. The van der Waals surface area contributed by atoms with Gasteiger partial charge in [-0.05, 0) is 47.6 Å². The summed E-state index contributed by atoms with van der Waals surface area (Å²) in [6.07, 6.45) is 2.28. The van der Waals surface area contributed by atoms with Crippen LogP contribution in [0.2, 0.25) is 0 Å². The molecule has 0 fully saturated rings. The Morgan fingerprint density at radius 3 is 2.26 bits per heavy atom. The molecule has 19 heavy (non-hydrogen) atoms. The van der Waals surface area contributed by atoms with Crippen LogP contribution in [0.5, 0.6) is 0 Å². The molecule has 3 rings (SSSR count). The molecule has 2 aromatic carbocycles. The zero-order valence-electron chi connectivity index (χ0n) is 11.7. The number of anilines is 1. The van der Waals surface area contributed by atoms with Crippen LogP contribution in [0.1, 0.15) is 36.5 Å². The average Bonchev–Trinajstić information content (AvgIpc) is 2.81. The fourth-order valence-electron chi connectivity index (χ4n) is 2.88. The summed E-state index contributed by atoms with van der Waals surface area (Å²) in [5.74, 6) is 0.586.